The fourth-order valence-corrected chi connectivity index (χ4v) is 2.46. The summed E-state index contributed by atoms with van der Waals surface area (Å²) >= 11 is 0. The zero-order valence-electron chi connectivity index (χ0n) is 9.79. The maximum Gasteiger partial charge on any atom is 0.145 e. The van der Waals surface area contributed by atoms with Crippen molar-refractivity contribution in [3.8, 4) is 17.0 Å². The van der Waals surface area contributed by atoms with Crippen molar-refractivity contribution in [2.45, 2.75) is 19.3 Å². The van der Waals surface area contributed by atoms with Gasteiger partial charge in [-0.15, -0.1) is 0 Å². The first kappa shape index (κ1) is 10.2. The van der Waals surface area contributed by atoms with E-state index in [4.69, 9.17) is 10.5 Å². The van der Waals surface area contributed by atoms with Crippen LogP contribution in [0.5, 0.6) is 5.75 Å². The molecule has 17 heavy (non-hydrogen) atoms. The first-order chi connectivity index (χ1) is 8.28. The molecule has 0 amide bonds. The number of hydrogen-bond acceptors (Lipinski definition) is 3. The molecule has 1 aliphatic carbocycles. The van der Waals surface area contributed by atoms with E-state index in [2.05, 4.69) is 22.3 Å². The lowest BCUT2D eigenvalue weighted by Gasteiger charge is -2.10. The maximum absolute atomic E-state index is 5.64. The molecule has 4 heteroatoms. The lowest BCUT2D eigenvalue weighted by molar-refractivity contribution is 0.416. The van der Waals surface area contributed by atoms with Crippen LogP contribution >= 0.6 is 0 Å². The Labute approximate surface area is 99.8 Å². The van der Waals surface area contributed by atoms with Gasteiger partial charge >= 0.3 is 0 Å². The summed E-state index contributed by atoms with van der Waals surface area (Å²) < 4.78 is 5.45. The van der Waals surface area contributed by atoms with E-state index in [1.165, 1.54) is 17.5 Å². The fourth-order valence-electron chi connectivity index (χ4n) is 2.46. The molecule has 0 atom stereocenters. The highest BCUT2D eigenvalue weighted by Gasteiger charge is 2.17. The van der Waals surface area contributed by atoms with Crippen LogP contribution in [0, 0.1) is 0 Å². The van der Waals surface area contributed by atoms with Gasteiger partial charge in [-0.2, -0.15) is 5.10 Å². The molecule has 0 bridgehead atoms. The monoisotopic (exact) mass is 229 g/mol. The van der Waals surface area contributed by atoms with Crippen molar-refractivity contribution in [2.24, 2.45) is 0 Å². The number of ether oxygens (including phenoxy) is 1. The predicted molar refractivity (Wildman–Crippen MR) is 67.0 cm³/mol. The second-order valence-corrected chi connectivity index (χ2v) is 4.38. The number of aromatic nitrogens is 2. The summed E-state index contributed by atoms with van der Waals surface area (Å²) in [6.07, 6.45) is 3.53. The summed E-state index contributed by atoms with van der Waals surface area (Å²) in [5.74, 6) is 1.39. The number of anilines is 1. The van der Waals surface area contributed by atoms with E-state index < -0.39 is 0 Å². The lowest BCUT2D eigenvalue weighted by Crippen LogP contribution is -1.92. The SMILES string of the molecule is COc1cc2c(cc1-c1cc(N)n[nH]1)CCC2. The minimum absolute atomic E-state index is 0.502. The molecule has 1 aliphatic rings. The zero-order chi connectivity index (χ0) is 11.8. The Morgan fingerprint density at radius 3 is 2.65 bits per heavy atom. The maximum atomic E-state index is 5.64. The number of fused-ring (bicyclic) bond motifs is 1. The number of nitrogens with one attached hydrogen (secondary N) is 1. The van der Waals surface area contributed by atoms with Crippen LogP contribution in [0.4, 0.5) is 5.82 Å². The Morgan fingerprint density at radius 2 is 2.00 bits per heavy atom. The van der Waals surface area contributed by atoms with Gasteiger partial charge in [-0.05, 0) is 42.5 Å². The molecule has 0 radical (unpaired) electrons. The highest BCUT2D eigenvalue weighted by Crippen LogP contribution is 2.35. The Bertz CT molecular complexity index is 560. The van der Waals surface area contributed by atoms with Gasteiger partial charge in [0, 0.05) is 11.6 Å². The molecule has 0 aliphatic heterocycles. The summed E-state index contributed by atoms with van der Waals surface area (Å²) in [6, 6.07) is 6.15. The summed E-state index contributed by atoms with van der Waals surface area (Å²) in [4.78, 5) is 0. The van der Waals surface area contributed by atoms with Crippen LogP contribution in [0.3, 0.4) is 0 Å². The van der Waals surface area contributed by atoms with Crippen molar-refractivity contribution in [1.82, 2.24) is 10.2 Å². The third-order valence-electron chi connectivity index (χ3n) is 3.30. The van der Waals surface area contributed by atoms with Crippen LogP contribution in [-0.2, 0) is 12.8 Å². The molecule has 0 unspecified atom stereocenters. The molecule has 2 aromatic rings. The van der Waals surface area contributed by atoms with Gasteiger partial charge in [-0.3, -0.25) is 5.10 Å². The Kier molecular flexibility index (Phi) is 2.28. The van der Waals surface area contributed by atoms with Crippen molar-refractivity contribution in [1.29, 1.82) is 0 Å². The van der Waals surface area contributed by atoms with E-state index in [1.807, 2.05) is 6.07 Å². The molecule has 88 valence electrons. The standard InChI is InChI=1S/C13H15N3O/c1-17-12-6-9-4-2-3-8(9)5-10(12)11-7-13(14)16-15-11/h5-7H,2-4H2,1H3,(H3,14,15,16). The van der Waals surface area contributed by atoms with Gasteiger partial charge in [0.1, 0.15) is 11.6 Å². The van der Waals surface area contributed by atoms with Crippen LogP contribution < -0.4 is 10.5 Å². The van der Waals surface area contributed by atoms with Crippen molar-refractivity contribution in [3.05, 3.63) is 29.3 Å². The second-order valence-electron chi connectivity index (χ2n) is 4.38. The van der Waals surface area contributed by atoms with Gasteiger partial charge in [0.05, 0.1) is 12.8 Å². The molecule has 0 spiro atoms. The molecule has 3 N–H and O–H groups in total. The third kappa shape index (κ3) is 1.65. The number of nitrogen functional groups attached to an aromatic ring is 1. The molecule has 0 fully saturated rings. The van der Waals surface area contributed by atoms with Crippen LogP contribution in [0.25, 0.3) is 11.3 Å². The van der Waals surface area contributed by atoms with Crippen molar-refractivity contribution < 1.29 is 4.74 Å². The predicted octanol–water partition coefficient (Wildman–Crippen LogP) is 2.16. The van der Waals surface area contributed by atoms with E-state index in [-0.39, 0.29) is 0 Å². The average Bonchev–Trinajstić information content (AvgIpc) is 2.94. The second kappa shape index (κ2) is 3.80. The van der Waals surface area contributed by atoms with Gasteiger partial charge in [0.2, 0.25) is 0 Å². The Morgan fingerprint density at radius 1 is 1.24 bits per heavy atom. The highest BCUT2D eigenvalue weighted by atomic mass is 16.5. The molecule has 4 nitrogen and oxygen atoms in total. The Hall–Kier alpha value is -1.97. The number of benzene rings is 1. The van der Waals surface area contributed by atoms with Crippen LogP contribution in [0.2, 0.25) is 0 Å². The Balaban J connectivity index is 2.15. The number of nitrogens with zero attached hydrogens (tertiary/aromatic N) is 1. The smallest absolute Gasteiger partial charge is 0.145 e. The molecule has 1 aromatic carbocycles. The molecular weight excluding hydrogens is 214 g/mol. The van der Waals surface area contributed by atoms with Gasteiger partial charge in [-0.25, -0.2) is 0 Å². The summed E-state index contributed by atoms with van der Waals surface area (Å²) in [6.45, 7) is 0. The van der Waals surface area contributed by atoms with Gasteiger partial charge < -0.3 is 10.5 Å². The first-order valence-corrected chi connectivity index (χ1v) is 5.79. The van der Waals surface area contributed by atoms with Crippen LogP contribution in [0.1, 0.15) is 17.5 Å². The van der Waals surface area contributed by atoms with Crippen molar-refractivity contribution >= 4 is 5.82 Å². The number of H-pyrrole nitrogens is 1. The van der Waals surface area contributed by atoms with E-state index in [9.17, 15) is 0 Å². The minimum atomic E-state index is 0.502. The minimum Gasteiger partial charge on any atom is -0.496 e. The van der Waals surface area contributed by atoms with Crippen LogP contribution in [-0.4, -0.2) is 17.3 Å². The summed E-state index contributed by atoms with van der Waals surface area (Å²) in [5.41, 5.74) is 10.4. The van der Waals surface area contributed by atoms with E-state index in [0.717, 1.165) is 29.8 Å². The van der Waals surface area contributed by atoms with Crippen LogP contribution in [0.15, 0.2) is 18.2 Å². The molecular formula is C13H15N3O. The van der Waals surface area contributed by atoms with Gasteiger partial charge in [0.25, 0.3) is 0 Å². The number of rotatable bonds is 2. The van der Waals surface area contributed by atoms with Crippen molar-refractivity contribution in [3.63, 3.8) is 0 Å². The van der Waals surface area contributed by atoms with E-state index >= 15 is 0 Å². The quantitative estimate of drug-likeness (QED) is 0.829. The normalized spacial score (nSPS) is 13.7. The fraction of sp³-hybridized carbons (Fsp3) is 0.308. The third-order valence-corrected chi connectivity index (χ3v) is 3.30. The van der Waals surface area contributed by atoms with Crippen molar-refractivity contribution in [2.75, 3.05) is 12.8 Å². The lowest BCUT2D eigenvalue weighted by atomic mass is 10.0. The van der Waals surface area contributed by atoms with E-state index in [1.54, 1.807) is 7.11 Å². The number of nitrogens with two attached hydrogens (primary N) is 1. The van der Waals surface area contributed by atoms with E-state index in [0.29, 0.717) is 5.82 Å². The summed E-state index contributed by atoms with van der Waals surface area (Å²) in [7, 11) is 1.69. The number of aromatic amines is 1. The summed E-state index contributed by atoms with van der Waals surface area (Å²) in [5, 5.41) is 6.89. The topological polar surface area (TPSA) is 63.9 Å². The molecule has 1 aromatic heterocycles. The zero-order valence-corrected chi connectivity index (χ0v) is 9.79. The molecule has 0 saturated carbocycles. The molecule has 1 heterocycles. The van der Waals surface area contributed by atoms with Gasteiger partial charge in [-0.1, -0.05) is 0 Å². The molecule has 0 saturated heterocycles. The molecule has 3 rings (SSSR count). The largest absolute Gasteiger partial charge is 0.496 e. The average molecular weight is 229 g/mol. The number of aryl methyl sites for hydroxylation is 2. The number of methoxy groups -OCH3 is 1. The first-order valence-electron chi connectivity index (χ1n) is 5.79. The number of hydrogen-bond donors (Lipinski definition) is 2. The highest BCUT2D eigenvalue weighted by molar-refractivity contribution is 5.71. The van der Waals surface area contributed by atoms with Gasteiger partial charge in [0.15, 0.2) is 0 Å².